The Morgan fingerprint density at radius 3 is 2.40 bits per heavy atom. The predicted octanol–water partition coefficient (Wildman–Crippen LogP) is 3.67. The zero-order chi connectivity index (χ0) is 17.9. The van der Waals surface area contributed by atoms with Crippen LogP contribution in [0.15, 0.2) is 54.6 Å². The largest absolute Gasteiger partial charge is 0.354 e. The standard InChI is InChI=1S/C21H25FN2O/c1-16(17-8-10-19(22)11-9-17)24(2)14-20(25)23-15-21(12-13-21)18-6-4-3-5-7-18/h3-11,16H,12-15H2,1-2H3,(H,23,25). The van der Waals surface area contributed by atoms with E-state index in [1.807, 2.05) is 24.9 Å². The Kier molecular flexibility index (Phi) is 5.19. The average Bonchev–Trinajstić information content (AvgIpc) is 3.42. The quantitative estimate of drug-likeness (QED) is 0.834. The van der Waals surface area contributed by atoms with Gasteiger partial charge in [-0.25, -0.2) is 4.39 Å². The zero-order valence-corrected chi connectivity index (χ0v) is 14.8. The first kappa shape index (κ1) is 17.6. The van der Waals surface area contributed by atoms with Gasteiger partial charge in [-0.1, -0.05) is 42.5 Å². The van der Waals surface area contributed by atoms with Crippen molar-refractivity contribution in [3.63, 3.8) is 0 Å². The lowest BCUT2D eigenvalue weighted by molar-refractivity contribution is -0.122. The number of nitrogens with one attached hydrogen (secondary N) is 1. The lowest BCUT2D eigenvalue weighted by atomic mass is 9.96. The van der Waals surface area contributed by atoms with Crippen molar-refractivity contribution in [3.8, 4) is 0 Å². The van der Waals surface area contributed by atoms with E-state index in [2.05, 4.69) is 29.6 Å². The van der Waals surface area contributed by atoms with Crippen molar-refractivity contribution in [2.75, 3.05) is 20.1 Å². The second kappa shape index (κ2) is 7.36. The lowest BCUT2D eigenvalue weighted by Gasteiger charge is -2.25. The van der Waals surface area contributed by atoms with E-state index in [1.54, 1.807) is 12.1 Å². The van der Waals surface area contributed by atoms with Crippen LogP contribution in [-0.2, 0) is 10.2 Å². The Morgan fingerprint density at radius 1 is 1.16 bits per heavy atom. The molecule has 3 nitrogen and oxygen atoms in total. The summed E-state index contributed by atoms with van der Waals surface area (Å²) in [6.07, 6.45) is 2.25. The van der Waals surface area contributed by atoms with Gasteiger partial charge in [-0.05, 0) is 50.1 Å². The summed E-state index contributed by atoms with van der Waals surface area (Å²) in [5.74, 6) is -0.217. The van der Waals surface area contributed by atoms with Crippen molar-refractivity contribution in [1.29, 1.82) is 0 Å². The van der Waals surface area contributed by atoms with E-state index in [1.165, 1.54) is 17.7 Å². The monoisotopic (exact) mass is 340 g/mol. The number of carbonyl (C=O) groups is 1. The molecule has 0 heterocycles. The third-order valence-corrected chi connectivity index (χ3v) is 5.27. The van der Waals surface area contributed by atoms with Crippen LogP contribution in [0.25, 0.3) is 0 Å². The van der Waals surface area contributed by atoms with E-state index in [4.69, 9.17) is 0 Å². The molecule has 1 saturated carbocycles. The number of carbonyl (C=O) groups excluding carboxylic acids is 1. The maximum absolute atomic E-state index is 13.0. The number of hydrogen-bond donors (Lipinski definition) is 1. The highest BCUT2D eigenvalue weighted by atomic mass is 19.1. The summed E-state index contributed by atoms with van der Waals surface area (Å²) in [4.78, 5) is 14.3. The highest BCUT2D eigenvalue weighted by Crippen LogP contribution is 2.47. The molecule has 0 aliphatic heterocycles. The zero-order valence-electron chi connectivity index (χ0n) is 14.8. The Hall–Kier alpha value is -2.20. The van der Waals surface area contributed by atoms with Crippen LogP contribution in [0.1, 0.15) is 36.9 Å². The molecule has 2 aromatic carbocycles. The van der Waals surface area contributed by atoms with Crippen LogP contribution in [-0.4, -0.2) is 30.9 Å². The normalized spacial score (nSPS) is 16.5. The summed E-state index contributed by atoms with van der Waals surface area (Å²) in [6, 6.07) is 16.9. The van der Waals surface area contributed by atoms with Gasteiger partial charge in [0.1, 0.15) is 5.82 Å². The molecule has 0 bridgehead atoms. The summed E-state index contributed by atoms with van der Waals surface area (Å²) < 4.78 is 13.0. The molecule has 25 heavy (non-hydrogen) atoms. The molecule has 1 aliphatic carbocycles. The molecule has 3 rings (SSSR count). The number of hydrogen-bond acceptors (Lipinski definition) is 2. The van der Waals surface area contributed by atoms with Crippen LogP contribution in [0.5, 0.6) is 0 Å². The molecule has 1 atom stereocenters. The van der Waals surface area contributed by atoms with E-state index in [-0.39, 0.29) is 23.2 Å². The fourth-order valence-electron chi connectivity index (χ4n) is 3.19. The average molecular weight is 340 g/mol. The van der Waals surface area contributed by atoms with Gasteiger partial charge in [0.15, 0.2) is 0 Å². The molecule has 0 saturated heterocycles. The summed E-state index contributed by atoms with van der Waals surface area (Å²) in [7, 11) is 1.91. The maximum atomic E-state index is 13.0. The molecule has 0 radical (unpaired) electrons. The van der Waals surface area contributed by atoms with Gasteiger partial charge < -0.3 is 5.32 Å². The second-order valence-corrected chi connectivity index (χ2v) is 7.07. The second-order valence-electron chi connectivity index (χ2n) is 7.07. The minimum atomic E-state index is -0.244. The van der Waals surface area contributed by atoms with E-state index in [0.717, 1.165) is 18.4 Å². The minimum Gasteiger partial charge on any atom is -0.354 e. The van der Waals surface area contributed by atoms with Gasteiger partial charge in [-0.3, -0.25) is 9.69 Å². The summed E-state index contributed by atoms with van der Waals surface area (Å²) in [5.41, 5.74) is 2.43. The van der Waals surface area contributed by atoms with E-state index in [9.17, 15) is 9.18 Å². The fraction of sp³-hybridized carbons (Fsp3) is 0.381. The Morgan fingerprint density at radius 2 is 1.80 bits per heavy atom. The topological polar surface area (TPSA) is 32.3 Å². The molecule has 1 fully saturated rings. The summed E-state index contributed by atoms with van der Waals surface area (Å²) >= 11 is 0. The van der Waals surface area contributed by atoms with Gasteiger partial charge in [0, 0.05) is 18.0 Å². The van der Waals surface area contributed by atoms with E-state index >= 15 is 0 Å². The summed E-state index contributed by atoms with van der Waals surface area (Å²) in [6.45, 7) is 3.03. The third kappa shape index (κ3) is 4.26. The van der Waals surface area contributed by atoms with Gasteiger partial charge in [-0.2, -0.15) is 0 Å². The SMILES string of the molecule is CC(c1ccc(F)cc1)N(C)CC(=O)NCC1(c2ccccc2)CC1. The minimum absolute atomic E-state index is 0.0265. The number of rotatable bonds is 7. The predicted molar refractivity (Wildman–Crippen MR) is 97.8 cm³/mol. The molecule has 1 N–H and O–H groups in total. The summed E-state index contributed by atoms with van der Waals surface area (Å²) in [5, 5.41) is 3.09. The first-order chi connectivity index (χ1) is 12.0. The van der Waals surface area contributed by atoms with Gasteiger partial charge in [0.05, 0.1) is 6.54 Å². The van der Waals surface area contributed by atoms with Crippen LogP contribution in [0.2, 0.25) is 0 Å². The number of nitrogens with zero attached hydrogens (tertiary/aromatic N) is 1. The molecule has 0 aromatic heterocycles. The maximum Gasteiger partial charge on any atom is 0.234 e. The van der Waals surface area contributed by atoms with Crippen LogP contribution >= 0.6 is 0 Å². The molecular weight excluding hydrogens is 315 g/mol. The number of benzene rings is 2. The van der Waals surface area contributed by atoms with Gasteiger partial charge in [0.2, 0.25) is 5.91 Å². The Balaban J connectivity index is 1.51. The van der Waals surface area contributed by atoms with Crippen molar-refractivity contribution in [2.24, 2.45) is 0 Å². The van der Waals surface area contributed by atoms with Crippen LogP contribution in [0.3, 0.4) is 0 Å². The van der Waals surface area contributed by atoms with E-state index < -0.39 is 0 Å². The van der Waals surface area contributed by atoms with Crippen LogP contribution in [0, 0.1) is 5.82 Å². The molecule has 1 unspecified atom stereocenters. The van der Waals surface area contributed by atoms with Gasteiger partial charge in [0.25, 0.3) is 0 Å². The molecule has 1 amide bonds. The van der Waals surface area contributed by atoms with Crippen LogP contribution < -0.4 is 5.32 Å². The molecule has 4 heteroatoms. The van der Waals surface area contributed by atoms with Crippen molar-refractivity contribution < 1.29 is 9.18 Å². The van der Waals surface area contributed by atoms with Crippen molar-refractivity contribution in [2.45, 2.75) is 31.2 Å². The molecule has 0 spiro atoms. The van der Waals surface area contributed by atoms with Crippen LogP contribution in [0.4, 0.5) is 4.39 Å². The van der Waals surface area contributed by atoms with Gasteiger partial charge in [-0.15, -0.1) is 0 Å². The fourth-order valence-corrected chi connectivity index (χ4v) is 3.19. The molecule has 1 aliphatic rings. The van der Waals surface area contributed by atoms with E-state index in [0.29, 0.717) is 13.1 Å². The Labute approximate surface area is 148 Å². The first-order valence-corrected chi connectivity index (χ1v) is 8.78. The molecule has 2 aromatic rings. The lowest BCUT2D eigenvalue weighted by Crippen LogP contribution is -2.39. The first-order valence-electron chi connectivity index (χ1n) is 8.78. The third-order valence-electron chi connectivity index (χ3n) is 5.27. The Bertz CT molecular complexity index is 710. The molecule has 132 valence electrons. The molecular formula is C21H25FN2O. The highest BCUT2D eigenvalue weighted by Gasteiger charge is 2.44. The van der Waals surface area contributed by atoms with Crippen molar-refractivity contribution in [1.82, 2.24) is 10.2 Å². The highest BCUT2D eigenvalue weighted by molar-refractivity contribution is 5.78. The number of halogens is 1. The van der Waals surface area contributed by atoms with Crippen molar-refractivity contribution >= 4 is 5.91 Å². The smallest absolute Gasteiger partial charge is 0.234 e. The number of amides is 1. The number of likely N-dealkylation sites (N-methyl/N-ethyl adjacent to an activating group) is 1. The van der Waals surface area contributed by atoms with Gasteiger partial charge >= 0.3 is 0 Å². The van der Waals surface area contributed by atoms with Crippen molar-refractivity contribution in [3.05, 3.63) is 71.5 Å².